The molecule has 0 radical (unpaired) electrons. The molecule has 1 N–H and O–H groups in total. The van der Waals surface area contributed by atoms with Crippen LogP contribution in [-0.2, 0) is 0 Å². The van der Waals surface area contributed by atoms with Crippen molar-refractivity contribution in [1.82, 2.24) is 10.2 Å². The summed E-state index contributed by atoms with van der Waals surface area (Å²) in [6.45, 7) is 6.17. The van der Waals surface area contributed by atoms with Gasteiger partial charge in [0.1, 0.15) is 5.82 Å². The smallest absolute Gasteiger partial charge is 0.128 e. The maximum atomic E-state index is 14.1. The van der Waals surface area contributed by atoms with Gasteiger partial charge < -0.3 is 5.32 Å². The fraction of sp³-hybridized carbons (Fsp3) is 0.600. The Hall–Kier alpha value is -0.930. The molecular weight excluding hydrogens is 227 g/mol. The van der Waals surface area contributed by atoms with E-state index in [0.29, 0.717) is 12.0 Å². The Morgan fingerprint density at radius 1 is 1.28 bits per heavy atom. The number of benzene rings is 1. The second-order valence-corrected chi connectivity index (χ2v) is 5.59. The van der Waals surface area contributed by atoms with Gasteiger partial charge in [0.2, 0.25) is 0 Å². The topological polar surface area (TPSA) is 15.3 Å². The molecule has 1 saturated carbocycles. The molecule has 1 aromatic carbocycles. The van der Waals surface area contributed by atoms with Gasteiger partial charge in [-0.15, -0.1) is 0 Å². The summed E-state index contributed by atoms with van der Waals surface area (Å²) in [5.41, 5.74) is 2.08. The highest BCUT2D eigenvalue weighted by molar-refractivity contribution is 5.28. The zero-order valence-electron chi connectivity index (χ0n) is 11.0. The lowest BCUT2D eigenvalue weighted by atomic mass is 9.97. The van der Waals surface area contributed by atoms with Crippen molar-refractivity contribution in [3.63, 3.8) is 0 Å². The van der Waals surface area contributed by atoms with Crippen molar-refractivity contribution in [2.45, 2.75) is 25.8 Å². The highest BCUT2D eigenvalue weighted by Gasteiger charge is 2.37. The molecule has 3 rings (SSSR count). The number of hydrogen-bond acceptors (Lipinski definition) is 2. The molecule has 98 valence electrons. The third kappa shape index (κ3) is 2.43. The SMILES string of the molecule is Cc1ccc(F)c([C@H](C2CC2)N2CCNCC2)c1. The molecule has 2 aliphatic rings. The highest BCUT2D eigenvalue weighted by Crippen LogP contribution is 2.45. The Bertz CT molecular complexity index is 423. The predicted molar refractivity (Wildman–Crippen MR) is 71.0 cm³/mol. The van der Waals surface area contributed by atoms with Gasteiger partial charge in [-0.05, 0) is 31.7 Å². The van der Waals surface area contributed by atoms with Gasteiger partial charge >= 0.3 is 0 Å². The van der Waals surface area contributed by atoms with Crippen LogP contribution in [0.15, 0.2) is 18.2 Å². The van der Waals surface area contributed by atoms with Gasteiger partial charge in [0.25, 0.3) is 0 Å². The van der Waals surface area contributed by atoms with E-state index in [0.717, 1.165) is 37.3 Å². The molecule has 0 aromatic heterocycles. The normalized spacial score (nSPS) is 23.0. The first kappa shape index (κ1) is 12.1. The van der Waals surface area contributed by atoms with Crippen LogP contribution >= 0.6 is 0 Å². The van der Waals surface area contributed by atoms with Crippen molar-refractivity contribution in [1.29, 1.82) is 0 Å². The predicted octanol–water partition coefficient (Wildman–Crippen LogP) is 2.49. The van der Waals surface area contributed by atoms with E-state index >= 15 is 0 Å². The molecular formula is C15H21FN2. The minimum Gasteiger partial charge on any atom is -0.314 e. The van der Waals surface area contributed by atoms with Crippen LogP contribution in [0.2, 0.25) is 0 Å². The molecule has 1 aliphatic carbocycles. The molecule has 0 bridgehead atoms. The van der Waals surface area contributed by atoms with E-state index in [-0.39, 0.29) is 5.82 Å². The number of aryl methyl sites for hydroxylation is 1. The molecule has 1 heterocycles. The van der Waals surface area contributed by atoms with Gasteiger partial charge in [0.05, 0.1) is 0 Å². The van der Waals surface area contributed by atoms with Crippen LogP contribution in [0.5, 0.6) is 0 Å². The lowest BCUT2D eigenvalue weighted by Gasteiger charge is -2.35. The van der Waals surface area contributed by atoms with E-state index in [1.54, 1.807) is 6.07 Å². The summed E-state index contributed by atoms with van der Waals surface area (Å²) in [5.74, 6) is 0.635. The Morgan fingerprint density at radius 3 is 2.67 bits per heavy atom. The van der Waals surface area contributed by atoms with E-state index in [2.05, 4.69) is 10.2 Å². The van der Waals surface area contributed by atoms with Gasteiger partial charge in [-0.2, -0.15) is 0 Å². The molecule has 2 fully saturated rings. The van der Waals surface area contributed by atoms with E-state index in [9.17, 15) is 4.39 Å². The van der Waals surface area contributed by atoms with E-state index in [4.69, 9.17) is 0 Å². The Balaban J connectivity index is 1.90. The van der Waals surface area contributed by atoms with Crippen molar-refractivity contribution in [3.05, 3.63) is 35.1 Å². The lowest BCUT2D eigenvalue weighted by molar-refractivity contribution is 0.153. The van der Waals surface area contributed by atoms with Crippen molar-refractivity contribution < 1.29 is 4.39 Å². The van der Waals surface area contributed by atoms with Crippen molar-refractivity contribution in [3.8, 4) is 0 Å². The van der Waals surface area contributed by atoms with E-state index in [1.165, 1.54) is 12.8 Å². The number of nitrogens with zero attached hydrogens (tertiary/aromatic N) is 1. The highest BCUT2D eigenvalue weighted by atomic mass is 19.1. The maximum absolute atomic E-state index is 14.1. The van der Waals surface area contributed by atoms with Crippen LogP contribution in [0, 0.1) is 18.7 Å². The summed E-state index contributed by atoms with van der Waals surface area (Å²) in [7, 11) is 0. The zero-order valence-corrected chi connectivity index (χ0v) is 11.0. The van der Waals surface area contributed by atoms with Crippen molar-refractivity contribution in [2.75, 3.05) is 26.2 Å². The van der Waals surface area contributed by atoms with Crippen LogP contribution < -0.4 is 5.32 Å². The van der Waals surface area contributed by atoms with Gasteiger partial charge in [-0.25, -0.2) is 4.39 Å². The molecule has 1 atom stereocenters. The van der Waals surface area contributed by atoms with Crippen LogP contribution in [0.25, 0.3) is 0 Å². The number of nitrogens with one attached hydrogen (secondary N) is 1. The second kappa shape index (κ2) is 4.98. The summed E-state index contributed by atoms with van der Waals surface area (Å²) >= 11 is 0. The first-order valence-corrected chi connectivity index (χ1v) is 6.96. The van der Waals surface area contributed by atoms with Gasteiger partial charge in [-0.3, -0.25) is 4.90 Å². The molecule has 1 aromatic rings. The molecule has 0 spiro atoms. The average Bonchev–Trinajstić information content (AvgIpc) is 3.20. The summed E-state index contributed by atoms with van der Waals surface area (Å²) in [5, 5.41) is 3.37. The summed E-state index contributed by atoms with van der Waals surface area (Å²) in [6.07, 6.45) is 2.50. The fourth-order valence-electron chi connectivity index (χ4n) is 3.01. The second-order valence-electron chi connectivity index (χ2n) is 5.59. The molecule has 2 nitrogen and oxygen atoms in total. The molecule has 3 heteroatoms. The third-order valence-electron chi connectivity index (χ3n) is 4.08. The lowest BCUT2D eigenvalue weighted by Crippen LogP contribution is -2.45. The molecule has 0 unspecified atom stereocenters. The molecule has 0 amide bonds. The minimum atomic E-state index is -0.0315. The Kier molecular flexibility index (Phi) is 3.35. The fourth-order valence-corrected chi connectivity index (χ4v) is 3.01. The summed E-state index contributed by atoms with van der Waals surface area (Å²) in [4.78, 5) is 2.46. The van der Waals surface area contributed by atoms with Crippen molar-refractivity contribution in [2.24, 2.45) is 5.92 Å². The minimum absolute atomic E-state index is 0.0315. The first-order valence-electron chi connectivity index (χ1n) is 6.96. The Labute approximate surface area is 108 Å². The van der Waals surface area contributed by atoms with Gasteiger partial charge in [0.15, 0.2) is 0 Å². The van der Waals surface area contributed by atoms with Gasteiger partial charge in [0, 0.05) is 37.8 Å². The molecule has 1 saturated heterocycles. The van der Waals surface area contributed by atoms with Crippen molar-refractivity contribution >= 4 is 0 Å². The van der Waals surface area contributed by atoms with Crippen LogP contribution in [0.1, 0.15) is 30.0 Å². The van der Waals surface area contributed by atoms with E-state index in [1.807, 2.05) is 19.1 Å². The largest absolute Gasteiger partial charge is 0.314 e. The zero-order chi connectivity index (χ0) is 12.5. The Morgan fingerprint density at radius 2 is 2.00 bits per heavy atom. The molecule has 18 heavy (non-hydrogen) atoms. The number of hydrogen-bond donors (Lipinski definition) is 1. The quantitative estimate of drug-likeness (QED) is 0.884. The van der Waals surface area contributed by atoms with E-state index < -0.39 is 0 Å². The number of rotatable bonds is 3. The average molecular weight is 248 g/mol. The monoisotopic (exact) mass is 248 g/mol. The first-order chi connectivity index (χ1) is 8.75. The van der Waals surface area contributed by atoms with Crippen LogP contribution in [0.3, 0.4) is 0 Å². The van der Waals surface area contributed by atoms with Crippen LogP contribution in [-0.4, -0.2) is 31.1 Å². The van der Waals surface area contributed by atoms with Gasteiger partial charge in [-0.1, -0.05) is 17.7 Å². The number of piperazine rings is 1. The molecule has 1 aliphatic heterocycles. The third-order valence-corrected chi connectivity index (χ3v) is 4.08. The number of halogens is 1. The maximum Gasteiger partial charge on any atom is 0.128 e. The van der Waals surface area contributed by atoms with Crippen LogP contribution in [0.4, 0.5) is 4.39 Å². The summed E-state index contributed by atoms with van der Waals surface area (Å²) < 4.78 is 14.1. The standard InChI is InChI=1S/C15H21FN2/c1-11-2-5-14(16)13(10-11)15(12-3-4-12)18-8-6-17-7-9-18/h2,5,10,12,15,17H,3-4,6-9H2,1H3/t15-/m0/s1. The summed E-state index contributed by atoms with van der Waals surface area (Å²) in [6, 6.07) is 5.83.